The van der Waals surface area contributed by atoms with Crippen LogP contribution in [-0.4, -0.2) is 38.3 Å². The first kappa shape index (κ1) is 15.3. The first-order chi connectivity index (χ1) is 10.9. The van der Waals surface area contributed by atoms with E-state index in [0.717, 1.165) is 44.1 Å². The quantitative estimate of drug-likeness (QED) is 0.832. The SMILES string of the molecule is COCCNCc1cc2ccccc2nc1N1CCCCC1. The van der Waals surface area contributed by atoms with Crippen LogP contribution in [0.3, 0.4) is 0 Å². The van der Waals surface area contributed by atoms with Crippen molar-refractivity contribution in [3.63, 3.8) is 0 Å². The number of hydrogen-bond donors (Lipinski definition) is 1. The molecule has 1 aromatic heterocycles. The average molecular weight is 299 g/mol. The number of benzene rings is 1. The highest BCUT2D eigenvalue weighted by molar-refractivity contribution is 5.81. The van der Waals surface area contributed by atoms with Crippen molar-refractivity contribution < 1.29 is 4.74 Å². The molecule has 2 aromatic rings. The zero-order valence-corrected chi connectivity index (χ0v) is 13.3. The largest absolute Gasteiger partial charge is 0.383 e. The molecule has 4 heteroatoms. The van der Waals surface area contributed by atoms with Gasteiger partial charge < -0.3 is 15.0 Å². The maximum Gasteiger partial charge on any atom is 0.133 e. The number of ether oxygens (including phenoxy) is 1. The van der Waals surface area contributed by atoms with Crippen molar-refractivity contribution in [2.24, 2.45) is 0 Å². The second-order valence-corrected chi connectivity index (χ2v) is 5.88. The normalized spacial score (nSPS) is 15.4. The van der Waals surface area contributed by atoms with E-state index >= 15 is 0 Å². The molecule has 0 aliphatic carbocycles. The molecule has 1 aromatic carbocycles. The Morgan fingerprint density at radius 3 is 2.82 bits per heavy atom. The Labute approximate surface area is 132 Å². The summed E-state index contributed by atoms with van der Waals surface area (Å²) in [5, 5.41) is 4.67. The smallest absolute Gasteiger partial charge is 0.133 e. The summed E-state index contributed by atoms with van der Waals surface area (Å²) in [6.07, 6.45) is 3.88. The van der Waals surface area contributed by atoms with Gasteiger partial charge in [0.25, 0.3) is 0 Å². The maximum atomic E-state index is 5.11. The molecule has 4 nitrogen and oxygen atoms in total. The van der Waals surface area contributed by atoms with E-state index < -0.39 is 0 Å². The standard InChI is InChI=1S/C18H25N3O/c1-22-12-9-19-14-16-13-15-7-3-4-8-17(15)20-18(16)21-10-5-2-6-11-21/h3-4,7-8,13,19H,2,5-6,9-12,14H2,1H3. The van der Waals surface area contributed by atoms with Crippen molar-refractivity contribution in [1.29, 1.82) is 0 Å². The summed E-state index contributed by atoms with van der Waals surface area (Å²) in [4.78, 5) is 7.40. The topological polar surface area (TPSA) is 37.4 Å². The molecule has 0 radical (unpaired) electrons. The van der Waals surface area contributed by atoms with Crippen LogP contribution in [0.25, 0.3) is 10.9 Å². The fraction of sp³-hybridized carbons (Fsp3) is 0.500. The second kappa shape index (κ2) is 7.56. The fourth-order valence-corrected chi connectivity index (χ4v) is 3.06. The van der Waals surface area contributed by atoms with Crippen molar-refractivity contribution >= 4 is 16.7 Å². The first-order valence-electron chi connectivity index (χ1n) is 8.22. The van der Waals surface area contributed by atoms with Crippen LogP contribution >= 0.6 is 0 Å². The third kappa shape index (κ3) is 3.57. The predicted molar refractivity (Wildman–Crippen MR) is 91.4 cm³/mol. The number of nitrogens with zero attached hydrogens (tertiary/aromatic N) is 2. The van der Waals surface area contributed by atoms with Gasteiger partial charge in [-0.25, -0.2) is 4.98 Å². The Kier molecular flexibility index (Phi) is 5.24. The van der Waals surface area contributed by atoms with Gasteiger partial charge in [-0.2, -0.15) is 0 Å². The third-order valence-corrected chi connectivity index (χ3v) is 4.23. The van der Waals surface area contributed by atoms with Crippen LogP contribution in [-0.2, 0) is 11.3 Å². The number of methoxy groups -OCH3 is 1. The lowest BCUT2D eigenvalue weighted by atomic mass is 10.1. The number of pyridine rings is 1. The van der Waals surface area contributed by atoms with Gasteiger partial charge in [0.1, 0.15) is 5.82 Å². The minimum atomic E-state index is 0.736. The molecule has 118 valence electrons. The summed E-state index contributed by atoms with van der Waals surface area (Å²) >= 11 is 0. The molecule has 22 heavy (non-hydrogen) atoms. The second-order valence-electron chi connectivity index (χ2n) is 5.88. The summed E-state index contributed by atoms with van der Waals surface area (Å²) in [5.74, 6) is 1.16. The monoisotopic (exact) mass is 299 g/mol. The molecule has 1 aliphatic heterocycles. The van der Waals surface area contributed by atoms with E-state index in [1.165, 1.54) is 30.2 Å². The van der Waals surface area contributed by atoms with Gasteiger partial charge in [-0.05, 0) is 31.4 Å². The lowest BCUT2D eigenvalue weighted by Gasteiger charge is -2.30. The average Bonchev–Trinajstić information content (AvgIpc) is 2.59. The molecular formula is C18H25N3O. The van der Waals surface area contributed by atoms with Gasteiger partial charge in [0.2, 0.25) is 0 Å². The van der Waals surface area contributed by atoms with E-state index in [9.17, 15) is 0 Å². The molecule has 0 unspecified atom stereocenters. The van der Waals surface area contributed by atoms with Crippen LogP contribution in [0.2, 0.25) is 0 Å². The molecular weight excluding hydrogens is 274 g/mol. The summed E-state index contributed by atoms with van der Waals surface area (Å²) < 4.78 is 5.11. The lowest BCUT2D eigenvalue weighted by molar-refractivity contribution is 0.199. The Morgan fingerprint density at radius 2 is 2.00 bits per heavy atom. The summed E-state index contributed by atoms with van der Waals surface area (Å²) in [5.41, 5.74) is 2.38. The lowest BCUT2D eigenvalue weighted by Crippen LogP contribution is -2.32. The number of para-hydroxylation sites is 1. The van der Waals surface area contributed by atoms with E-state index in [-0.39, 0.29) is 0 Å². The van der Waals surface area contributed by atoms with Crippen LogP contribution in [0, 0.1) is 0 Å². The van der Waals surface area contributed by atoms with Crippen LogP contribution in [0.5, 0.6) is 0 Å². The predicted octanol–water partition coefficient (Wildman–Crippen LogP) is 2.96. The van der Waals surface area contributed by atoms with Gasteiger partial charge in [0.15, 0.2) is 0 Å². The first-order valence-corrected chi connectivity index (χ1v) is 8.22. The fourth-order valence-electron chi connectivity index (χ4n) is 3.06. The minimum Gasteiger partial charge on any atom is -0.383 e. The molecule has 0 saturated carbocycles. The van der Waals surface area contributed by atoms with Gasteiger partial charge in [-0.15, -0.1) is 0 Å². The highest BCUT2D eigenvalue weighted by Crippen LogP contribution is 2.26. The van der Waals surface area contributed by atoms with Crippen LogP contribution < -0.4 is 10.2 Å². The van der Waals surface area contributed by atoms with Crippen LogP contribution in [0.1, 0.15) is 24.8 Å². The summed E-state index contributed by atoms with van der Waals surface area (Å²) in [6, 6.07) is 10.7. The molecule has 0 bridgehead atoms. The van der Waals surface area contributed by atoms with E-state index in [4.69, 9.17) is 9.72 Å². The molecule has 1 fully saturated rings. The Balaban J connectivity index is 1.87. The Morgan fingerprint density at radius 1 is 1.18 bits per heavy atom. The molecule has 3 rings (SSSR count). The van der Waals surface area contributed by atoms with E-state index in [2.05, 4.69) is 40.5 Å². The van der Waals surface area contributed by atoms with Crippen molar-refractivity contribution in [3.05, 3.63) is 35.9 Å². The van der Waals surface area contributed by atoms with Gasteiger partial charge in [-0.3, -0.25) is 0 Å². The number of piperidine rings is 1. The number of anilines is 1. The summed E-state index contributed by atoms with van der Waals surface area (Å²) in [7, 11) is 1.73. The van der Waals surface area contributed by atoms with Crippen molar-refractivity contribution in [2.45, 2.75) is 25.8 Å². The third-order valence-electron chi connectivity index (χ3n) is 4.23. The molecule has 1 N–H and O–H groups in total. The number of hydrogen-bond acceptors (Lipinski definition) is 4. The van der Waals surface area contributed by atoms with Crippen LogP contribution in [0.15, 0.2) is 30.3 Å². The number of fused-ring (bicyclic) bond motifs is 1. The van der Waals surface area contributed by atoms with E-state index in [1.54, 1.807) is 7.11 Å². The molecule has 0 atom stereocenters. The molecule has 0 amide bonds. The molecule has 2 heterocycles. The van der Waals surface area contributed by atoms with Gasteiger partial charge in [0, 0.05) is 44.2 Å². The molecule has 0 spiro atoms. The zero-order chi connectivity index (χ0) is 15.2. The highest BCUT2D eigenvalue weighted by atomic mass is 16.5. The molecule has 1 aliphatic rings. The van der Waals surface area contributed by atoms with E-state index in [0.29, 0.717) is 0 Å². The minimum absolute atomic E-state index is 0.736. The van der Waals surface area contributed by atoms with Gasteiger partial charge in [-0.1, -0.05) is 18.2 Å². The van der Waals surface area contributed by atoms with Crippen molar-refractivity contribution in [1.82, 2.24) is 10.3 Å². The number of nitrogens with one attached hydrogen (secondary N) is 1. The summed E-state index contributed by atoms with van der Waals surface area (Å²) in [6.45, 7) is 4.68. The Hall–Kier alpha value is -1.65. The number of rotatable bonds is 6. The maximum absolute atomic E-state index is 5.11. The van der Waals surface area contributed by atoms with Crippen molar-refractivity contribution in [2.75, 3.05) is 38.3 Å². The molecule has 1 saturated heterocycles. The van der Waals surface area contributed by atoms with Gasteiger partial charge in [0.05, 0.1) is 12.1 Å². The Bertz CT molecular complexity index is 608. The number of aromatic nitrogens is 1. The zero-order valence-electron chi connectivity index (χ0n) is 13.3. The highest BCUT2D eigenvalue weighted by Gasteiger charge is 2.16. The van der Waals surface area contributed by atoms with Crippen LogP contribution in [0.4, 0.5) is 5.82 Å². The van der Waals surface area contributed by atoms with E-state index in [1.807, 2.05) is 0 Å². The van der Waals surface area contributed by atoms with Crippen molar-refractivity contribution in [3.8, 4) is 0 Å². The van der Waals surface area contributed by atoms with Gasteiger partial charge >= 0.3 is 0 Å².